The van der Waals surface area contributed by atoms with Crippen molar-refractivity contribution < 1.29 is 5.11 Å². The monoisotopic (exact) mass is 162 g/mol. The smallest absolute Gasteiger partial charge is 0.0928 e. The molecule has 0 saturated carbocycles. The van der Waals surface area contributed by atoms with Crippen molar-refractivity contribution in [2.24, 2.45) is 11.8 Å². The minimum Gasteiger partial charge on any atom is -0.512 e. The van der Waals surface area contributed by atoms with E-state index in [9.17, 15) is 5.11 Å². The predicted octanol–water partition coefficient (Wildman–Crippen LogP) is 2.99. The zero-order chi connectivity index (χ0) is 8.97. The molecule has 0 saturated heterocycles. The van der Waals surface area contributed by atoms with Gasteiger partial charge in [-0.2, -0.15) is 0 Å². The summed E-state index contributed by atoms with van der Waals surface area (Å²) in [5.41, 5.74) is 0. The van der Waals surface area contributed by atoms with Gasteiger partial charge in [0.2, 0.25) is 0 Å². The van der Waals surface area contributed by atoms with E-state index in [0.29, 0.717) is 0 Å². The maximum absolute atomic E-state index is 9.26. The Hall–Kier alpha value is -1.24. The van der Waals surface area contributed by atoms with Crippen LogP contribution in [0.1, 0.15) is 6.92 Å². The predicted molar refractivity (Wildman–Crippen MR) is 51.8 cm³/mol. The van der Waals surface area contributed by atoms with Crippen LogP contribution in [-0.2, 0) is 0 Å². The van der Waals surface area contributed by atoms with E-state index >= 15 is 0 Å². The van der Waals surface area contributed by atoms with Gasteiger partial charge in [0.05, 0.1) is 5.76 Å². The fourth-order valence-corrected chi connectivity index (χ4v) is 1.36. The first-order valence-electron chi connectivity index (χ1n) is 4.11. The van der Waals surface area contributed by atoms with Crippen molar-refractivity contribution in [1.82, 2.24) is 0 Å². The highest BCUT2D eigenvalue weighted by Crippen LogP contribution is 2.25. The molecule has 0 aromatic heterocycles. The van der Waals surface area contributed by atoms with Crippen LogP contribution in [0, 0.1) is 11.8 Å². The van der Waals surface area contributed by atoms with Crippen LogP contribution in [0.4, 0.5) is 0 Å². The van der Waals surface area contributed by atoms with Crippen molar-refractivity contribution in [3.63, 3.8) is 0 Å². The summed E-state index contributed by atoms with van der Waals surface area (Å²) in [6.45, 7) is 5.52. The molecule has 0 bridgehead atoms. The van der Waals surface area contributed by atoms with Crippen LogP contribution in [0.3, 0.4) is 0 Å². The Morgan fingerprint density at radius 3 is 2.67 bits per heavy atom. The average Bonchev–Trinajstić information content (AvgIpc) is 2.05. The third kappa shape index (κ3) is 1.88. The second-order valence-corrected chi connectivity index (χ2v) is 2.89. The Labute approximate surface area is 73.4 Å². The highest BCUT2D eigenvalue weighted by atomic mass is 16.3. The molecule has 2 unspecified atom stereocenters. The molecule has 0 amide bonds. The molecule has 0 aliphatic heterocycles. The zero-order valence-corrected chi connectivity index (χ0v) is 7.27. The van der Waals surface area contributed by atoms with Gasteiger partial charge in [-0.3, -0.25) is 0 Å². The molecule has 2 atom stereocenters. The van der Waals surface area contributed by atoms with Gasteiger partial charge in [-0.1, -0.05) is 43.0 Å². The fraction of sp³-hybridized carbons (Fsp3) is 0.273. The average molecular weight is 162 g/mol. The van der Waals surface area contributed by atoms with Crippen LogP contribution in [0.5, 0.6) is 0 Å². The third-order valence-corrected chi connectivity index (χ3v) is 1.98. The summed E-state index contributed by atoms with van der Waals surface area (Å²) in [7, 11) is 0. The lowest BCUT2D eigenvalue weighted by molar-refractivity contribution is 0.340. The number of hydrogen-bond donors (Lipinski definition) is 1. The molecular formula is C11H14O. The molecule has 1 aliphatic carbocycles. The van der Waals surface area contributed by atoms with Crippen LogP contribution < -0.4 is 0 Å². The Bertz CT molecular complexity index is 246. The van der Waals surface area contributed by atoms with Gasteiger partial charge in [-0.25, -0.2) is 0 Å². The number of aliphatic hydroxyl groups excluding tert-OH is 1. The van der Waals surface area contributed by atoms with E-state index in [1.165, 1.54) is 0 Å². The molecule has 0 aromatic rings. The standard InChI is InChI=1S/C11H14O/c1-3-6-10-7-4-5-8-11(10)9(2)12/h3-8,10-12H,2H2,1H3/b6-3-. The van der Waals surface area contributed by atoms with E-state index in [4.69, 9.17) is 0 Å². The molecule has 0 heterocycles. The lowest BCUT2D eigenvalue weighted by atomic mass is 9.87. The minimum atomic E-state index is 0.0474. The van der Waals surface area contributed by atoms with Crippen LogP contribution in [-0.4, -0.2) is 5.11 Å². The largest absolute Gasteiger partial charge is 0.512 e. The number of rotatable bonds is 2. The normalized spacial score (nSPS) is 28.1. The van der Waals surface area contributed by atoms with Gasteiger partial charge >= 0.3 is 0 Å². The first kappa shape index (κ1) is 8.85. The molecule has 1 N–H and O–H groups in total. The molecule has 0 fully saturated rings. The topological polar surface area (TPSA) is 20.2 Å². The van der Waals surface area contributed by atoms with Crippen molar-refractivity contribution in [3.05, 3.63) is 48.8 Å². The first-order valence-corrected chi connectivity index (χ1v) is 4.11. The summed E-state index contributed by atoms with van der Waals surface area (Å²) in [5.74, 6) is 0.544. The van der Waals surface area contributed by atoms with Crippen molar-refractivity contribution in [2.45, 2.75) is 6.92 Å². The summed E-state index contributed by atoms with van der Waals surface area (Å²) in [6.07, 6.45) is 12.0. The van der Waals surface area contributed by atoms with E-state index in [-0.39, 0.29) is 17.6 Å². The van der Waals surface area contributed by atoms with E-state index < -0.39 is 0 Å². The molecule has 1 nitrogen and oxygen atoms in total. The molecule has 1 rings (SSSR count). The molecule has 1 heteroatoms. The van der Waals surface area contributed by atoms with E-state index in [2.05, 4.69) is 18.7 Å². The third-order valence-electron chi connectivity index (χ3n) is 1.98. The highest BCUT2D eigenvalue weighted by molar-refractivity contribution is 5.23. The fourth-order valence-electron chi connectivity index (χ4n) is 1.36. The number of aliphatic hydroxyl groups is 1. The first-order chi connectivity index (χ1) is 5.75. The molecule has 12 heavy (non-hydrogen) atoms. The quantitative estimate of drug-likeness (QED) is 0.489. The summed E-state index contributed by atoms with van der Waals surface area (Å²) in [6, 6.07) is 0. The van der Waals surface area contributed by atoms with E-state index in [0.717, 1.165) is 0 Å². The van der Waals surface area contributed by atoms with Crippen molar-refractivity contribution >= 4 is 0 Å². The summed E-state index contributed by atoms with van der Waals surface area (Å²) in [4.78, 5) is 0. The molecule has 1 aliphatic rings. The Morgan fingerprint density at radius 2 is 2.08 bits per heavy atom. The van der Waals surface area contributed by atoms with Gasteiger partial charge in [0, 0.05) is 11.8 Å². The van der Waals surface area contributed by atoms with Crippen LogP contribution >= 0.6 is 0 Å². The molecule has 64 valence electrons. The Morgan fingerprint density at radius 1 is 1.42 bits per heavy atom. The zero-order valence-electron chi connectivity index (χ0n) is 7.27. The second kappa shape index (κ2) is 3.96. The molecule has 0 aromatic carbocycles. The van der Waals surface area contributed by atoms with Crippen LogP contribution in [0.25, 0.3) is 0 Å². The molecular weight excluding hydrogens is 148 g/mol. The van der Waals surface area contributed by atoms with Gasteiger partial charge in [-0.05, 0) is 6.92 Å². The van der Waals surface area contributed by atoms with Gasteiger partial charge in [0.1, 0.15) is 0 Å². The lowest BCUT2D eigenvalue weighted by Crippen LogP contribution is -2.12. The Kier molecular flexibility index (Phi) is 2.92. The Balaban J connectivity index is 2.77. The summed E-state index contributed by atoms with van der Waals surface area (Å²) in [5, 5.41) is 9.26. The summed E-state index contributed by atoms with van der Waals surface area (Å²) >= 11 is 0. The van der Waals surface area contributed by atoms with Gasteiger partial charge in [0.25, 0.3) is 0 Å². The minimum absolute atomic E-state index is 0.0474. The van der Waals surface area contributed by atoms with Crippen LogP contribution in [0.2, 0.25) is 0 Å². The maximum Gasteiger partial charge on any atom is 0.0928 e. The highest BCUT2D eigenvalue weighted by Gasteiger charge is 2.17. The number of allylic oxidation sites excluding steroid dienone is 6. The molecule has 0 radical (unpaired) electrons. The van der Waals surface area contributed by atoms with E-state index in [1.54, 1.807) is 0 Å². The SMILES string of the molecule is C=C(O)C1C=CC=CC1/C=C\C. The van der Waals surface area contributed by atoms with E-state index in [1.807, 2.05) is 31.2 Å². The van der Waals surface area contributed by atoms with Crippen molar-refractivity contribution in [2.75, 3.05) is 0 Å². The van der Waals surface area contributed by atoms with Gasteiger partial charge in [-0.15, -0.1) is 0 Å². The summed E-state index contributed by atoms with van der Waals surface area (Å²) < 4.78 is 0. The lowest BCUT2D eigenvalue weighted by Gasteiger charge is -2.19. The van der Waals surface area contributed by atoms with Crippen LogP contribution in [0.15, 0.2) is 48.8 Å². The van der Waals surface area contributed by atoms with Gasteiger partial charge < -0.3 is 5.11 Å². The molecule has 0 spiro atoms. The van der Waals surface area contributed by atoms with Gasteiger partial charge in [0.15, 0.2) is 0 Å². The van der Waals surface area contributed by atoms with Crippen molar-refractivity contribution in [3.8, 4) is 0 Å². The second-order valence-electron chi connectivity index (χ2n) is 2.89. The number of hydrogen-bond acceptors (Lipinski definition) is 1. The van der Waals surface area contributed by atoms with Crippen molar-refractivity contribution in [1.29, 1.82) is 0 Å². The maximum atomic E-state index is 9.26.